The van der Waals surface area contributed by atoms with Gasteiger partial charge in [0.1, 0.15) is 5.75 Å². The molecular formula is C12H15Cl2NO2. The quantitative estimate of drug-likeness (QED) is 0.811. The summed E-state index contributed by atoms with van der Waals surface area (Å²) in [5, 5.41) is 12.8. The Morgan fingerprint density at radius 1 is 1.53 bits per heavy atom. The zero-order chi connectivity index (χ0) is 12.8. The van der Waals surface area contributed by atoms with E-state index in [1.807, 2.05) is 6.92 Å². The van der Waals surface area contributed by atoms with Crippen LogP contribution in [0.2, 0.25) is 5.02 Å². The Labute approximate surface area is 111 Å². The van der Waals surface area contributed by atoms with Gasteiger partial charge in [0.15, 0.2) is 0 Å². The van der Waals surface area contributed by atoms with Crippen molar-refractivity contribution in [3.8, 4) is 5.75 Å². The van der Waals surface area contributed by atoms with Crippen LogP contribution in [-0.4, -0.2) is 22.9 Å². The molecule has 0 heterocycles. The molecule has 1 aromatic rings. The molecule has 3 nitrogen and oxygen atoms in total. The fourth-order valence-corrected chi connectivity index (χ4v) is 1.77. The van der Waals surface area contributed by atoms with E-state index in [-0.39, 0.29) is 23.3 Å². The number of phenolic OH excluding ortho intramolecular Hbond substituents is 1. The van der Waals surface area contributed by atoms with Crippen LogP contribution in [0.5, 0.6) is 5.75 Å². The lowest BCUT2D eigenvalue weighted by molar-refractivity contribution is 0.0935. The Hall–Kier alpha value is -0.930. The second-order valence-corrected chi connectivity index (χ2v) is 4.68. The second kappa shape index (κ2) is 6.72. The van der Waals surface area contributed by atoms with Gasteiger partial charge in [-0.15, -0.1) is 11.6 Å². The van der Waals surface area contributed by atoms with Crippen LogP contribution in [0.25, 0.3) is 0 Å². The number of nitrogens with one attached hydrogen (secondary N) is 1. The van der Waals surface area contributed by atoms with Gasteiger partial charge in [0.25, 0.3) is 5.91 Å². The summed E-state index contributed by atoms with van der Waals surface area (Å²) in [5.74, 6) is 0.173. The Bertz CT molecular complexity index is 396. The van der Waals surface area contributed by atoms with Crippen LogP contribution in [0.15, 0.2) is 18.2 Å². The molecule has 1 aromatic carbocycles. The molecule has 1 amide bonds. The molecule has 2 N–H and O–H groups in total. The van der Waals surface area contributed by atoms with E-state index in [1.165, 1.54) is 18.2 Å². The number of hydrogen-bond acceptors (Lipinski definition) is 2. The molecule has 1 rings (SSSR count). The molecule has 0 bridgehead atoms. The summed E-state index contributed by atoms with van der Waals surface area (Å²) in [6.45, 7) is 1.89. The van der Waals surface area contributed by atoms with E-state index in [4.69, 9.17) is 23.2 Å². The number of phenols is 1. The predicted molar refractivity (Wildman–Crippen MR) is 70.0 cm³/mol. The Kier molecular flexibility index (Phi) is 5.59. The minimum atomic E-state index is -0.327. The highest BCUT2D eigenvalue weighted by molar-refractivity contribution is 6.31. The number of rotatable bonds is 5. The molecule has 1 unspecified atom stereocenters. The standard InChI is InChI=1S/C12H15Cl2NO2/c1-8(3-2-6-13)15-12(17)10-7-9(14)4-5-11(10)16/h4-5,7-8,16H,2-3,6H2,1H3,(H,15,17). The van der Waals surface area contributed by atoms with E-state index in [0.29, 0.717) is 10.9 Å². The number of benzene rings is 1. The van der Waals surface area contributed by atoms with E-state index in [9.17, 15) is 9.90 Å². The average molecular weight is 276 g/mol. The molecule has 0 aliphatic rings. The third-order valence-corrected chi connectivity index (χ3v) is 2.85. The number of aromatic hydroxyl groups is 1. The van der Waals surface area contributed by atoms with Crippen LogP contribution in [0.1, 0.15) is 30.1 Å². The van der Waals surface area contributed by atoms with E-state index in [1.54, 1.807) is 0 Å². The predicted octanol–water partition coefficient (Wildman–Crippen LogP) is 3.18. The van der Waals surface area contributed by atoms with Crippen LogP contribution < -0.4 is 5.32 Å². The van der Waals surface area contributed by atoms with Gasteiger partial charge in [-0.1, -0.05) is 11.6 Å². The number of halogens is 2. The van der Waals surface area contributed by atoms with Gasteiger partial charge in [-0.05, 0) is 38.0 Å². The van der Waals surface area contributed by atoms with Gasteiger partial charge in [-0.3, -0.25) is 4.79 Å². The molecule has 0 saturated heterocycles. The lowest BCUT2D eigenvalue weighted by Crippen LogP contribution is -2.32. The summed E-state index contributed by atoms with van der Waals surface area (Å²) >= 11 is 11.3. The molecule has 94 valence electrons. The van der Waals surface area contributed by atoms with Crippen LogP contribution in [0.3, 0.4) is 0 Å². The van der Waals surface area contributed by atoms with Crippen molar-refractivity contribution in [2.24, 2.45) is 0 Å². The molecule has 1 atom stereocenters. The van der Waals surface area contributed by atoms with Crippen LogP contribution in [0.4, 0.5) is 0 Å². The molecule has 0 spiro atoms. The molecule has 0 radical (unpaired) electrons. The Balaban J connectivity index is 2.66. The minimum absolute atomic E-state index is 0.0135. The third kappa shape index (κ3) is 4.44. The average Bonchev–Trinajstić information content (AvgIpc) is 2.29. The maximum atomic E-state index is 11.8. The van der Waals surface area contributed by atoms with Crippen molar-refractivity contribution < 1.29 is 9.90 Å². The van der Waals surface area contributed by atoms with Crippen molar-refractivity contribution in [2.75, 3.05) is 5.88 Å². The van der Waals surface area contributed by atoms with Crippen LogP contribution in [0, 0.1) is 0 Å². The summed E-state index contributed by atoms with van der Waals surface area (Å²) in [6, 6.07) is 4.39. The molecular weight excluding hydrogens is 261 g/mol. The first-order valence-electron chi connectivity index (χ1n) is 5.40. The lowest BCUT2D eigenvalue weighted by atomic mass is 10.1. The van der Waals surface area contributed by atoms with E-state index >= 15 is 0 Å². The van der Waals surface area contributed by atoms with Crippen molar-refractivity contribution in [2.45, 2.75) is 25.8 Å². The molecule has 0 aliphatic carbocycles. The first-order chi connectivity index (χ1) is 8.04. The van der Waals surface area contributed by atoms with Crippen molar-refractivity contribution in [3.63, 3.8) is 0 Å². The number of alkyl halides is 1. The highest BCUT2D eigenvalue weighted by Crippen LogP contribution is 2.21. The van der Waals surface area contributed by atoms with Gasteiger partial charge < -0.3 is 10.4 Å². The second-order valence-electron chi connectivity index (χ2n) is 3.87. The van der Waals surface area contributed by atoms with Crippen molar-refractivity contribution >= 4 is 29.1 Å². The zero-order valence-corrected chi connectivity index (χ0v) is 11.1. The first kappa shape index (κ1) is 14.1. The summed E-state index contributed by atoms with van der Waals surface area (Å²) in [7, 11) is 0. The third-order valence-electron chi connectivity index (χ3n) is 2.35. The number of carbonyl (C=O) groups excluding carboxylic acids is 1. The van der Waals surface area contributed by atoms with E-state index in [0.717, 1.165) is 12.8 Å². The largest absolute Gasteiger partial charge is 0.507 e. The van der Waals surface area contributed by atoms with Gasteiger partial charge in [-0.2, -0.15) is 0 Å². The molecule has 17 heavy (non-hydrogen) atoms. The minimum Gasteiger partial charge on any atom is -0.507 e. The van der Waals surface area contributed by atoms with Gasteiger partial charge in [0, 0.05) is 16.9 Å². The molecule has 0 aliphatic heterocycles. The van der Waals surface area contributed by atoms with Gasteiger partial charge in [0.2, 0.25) is 0 Å². The highest BCUT2D eigenvalue weighted by atomic mass is 35.5. The lowest BCUT2D eigenvalue weighted by Gasteiger charge is -2.13. The van der Waals surface area contributed by atoms with Crippen molar-refractivity contribution in [3.05, 3.63) is 28.8 Å². The molecule has 0 fully saturated rings. The smallest absolute Gasteiger partial charge is 0.255 e. The molecule has 5 heteroatoms. The number of carbonyl (C=O) groups is 1. The molecule has 0 saturated carbocycles. The fraction of sp³-hybridized carbons (Fsp3) is 0.417. The number of amides is 1. The van der Waals surface area contributed by atoms with Gasteiger partial charge >= 0.3 is 0 Å². The number of hydrogen-bond donors (Lipinski definition) is 2. The van der Waals surface area contributed by atoms with Gasteiger partial charge in [-0.25, -0.2) is 0 Å². The Morgan fingerprint density at radius 2 is 2.24 bits per heavy atom. The summed E-state index contributed by atoms with van der Waals surface area (Å²) < 4.78 is 0. The molecule has 0 aromatic heterocycles. The van der Waals surface area contributed by atoms with E-state index < -0.39 is 0 Å². The summed E-state index contributed by atoms with van der Waals surface area (Å²) in [4.78, 5) is 11.8. The van der Waals surface area contributed by atoms with E-state index in [2.05, 4.69) is 5.32 Å². The van der Waals surface area contributed by atoms with Crippen LogP contribution in [-0.2, 0) is 0 Å². The highest BCUT2D eigenvalue weighted by Gasteiger charge is 2.13. The Morgan fingerprint density at radius 3 is 2.88 bits per heavy atom. The topological polar surface area (TPSA) is 49.3 Å². The zero-order valence-electron chi connectivity index (χ0n) is 9.54. The SMILES string of the molecule is CC(CCCCl)NC(=O)c1cc(Cl)ccc1O. The summed E-state index contributed by atoms with van der Waals surface area (Å²) in [5.41, 5.74) is 0.190. The first-order valence-corrected chi connectivity index (χ1v) is 6.31. The maximum absolute atomic E-state index is 11.8. The fourth-order valence-electron chi connectivity index (χ4n) is 1.45. The van der Waals surface area contributed by atoms with Gasteiger partial charge in [0.05, 0.1) is 5.56 Å². The summed E-state index contributed by atoms with van der Waals surface area (Å²) in [6.07, 6.45) is 1.64. The monoisotopic (exact) mass is 275 g/mol. The van der Waals surface area contributed by atoms with Crippen molar-refractivity contribution in [1.82, 2.24) is 5.32 Å². The maximum Gasteiger partial charge on any atom is 0.255 e. The van der Waals surface area contributed by atoms with Crippen LogP contribution >= 0.6 is 23.2 Å². The van der Waals surface area contributed by atoms with Crippen molar-refractivity contribution in [1.29, 1.82) is 0 Å². The normalized spacial score (nSPS) is 12.2.